The summed E-state index contributed by atoms with van der Waals surface area (Å²) in [5, 5.41) is 10.5. The first-order valence-corrected chi connectivity index (χ1v) is 6.21. The molecule has 0 saturated carbocycles. The van der Waals surface area contributed by atoms with E-state index in [2.05, 4.69) is 0 Å². The van der Waals surface area contributed by atoms with Crippen molar-refractivity contribution in [1.82, 2.24) is 4.90 Å². The van der Waals surface area contributed by atoms with Crippen molar-refractivity contribution >= 4 is 46.3 Å². The quantitative estimate of drug-likeness (QED) is 0.595. The van der Waals surface area contributed by atoms with Gasteiger partial charge in [-0.2, -0.15) is 0 Å². The predicted molar refractivity (Wildman–Crippen MR) is 68.3 cm³/mol. The van der Waals surface area contributed by atoms with Gasteiger partial charge in [0.15, 0.2) is 0 Å². The maximum atomic E-state index is 11.9. The molecule has 18 heavy (non-hydrogen) atoms. The molecule has 0 bridgehead atoms. The predicted octanol–water partition coefficient (Wildman–Crippen LogP) is 0.539. The number of furan rings is 1. The molecule has 0 radical (unpaired) electrons. The standard InChI is InChI=1S/C11H9NO4S2/c1-6-2-3-7(16-6)4-8-10(15)12(5-9(13)14)11(17)18-8/h2-4H,5H2,1H3,(H,13,14)/p-1/b8-4-. The van der Waals surface area contributed by atoms with E-state index < -0.39 is 18.4 Å². The van der Waals surface area contributed by atoms with Gasteiger partial charge in [-0.3, -0.25) is 9.69 Å². The molecular weight excluding hydrogens is 274 g/mol. The number of amides is 1. The summed E-state index contributed by atoms with van der Waals surface area (Å²) in [7, 11) is 0. The zero-order chi connectivity index (χ0) is 13.3. The van der Waals surface area contributed by atoms with Gasteiger partial charge in [0.1, 0.15) is 15.8 Å². The monoisotopic (exact) mass is 282 g/mol. The van der Waals surface area contributed by atoms with Crippen molar-refractivity contribution in [3.8, 4) is 0 Å². The molecule has 2 rings (SSSR count). The number of hydrogen-bond donors (Lipinski definition) is 0. The van der Waals surface area contributed by atoms with E-state index in [4.69, 9.17) is 16.6 Å². The van der Waals surface area contributed by atoms with Gasteiger partial charge in [-0.15, -0.1) is 0 Å². The summed E-state index contributed by atoms with van der Waals surface area (Å²) in [6, 6.07) is 3.49. The van der Waals surface area contributed by atoms with Gasteiger partial charge in [0.2, 0.25) is 0 Å². The average Bonchev–Trinajstić information content (AvgIpc) is 2.78. The highest BCUT2D eigenvalue weighted by molar-refractivity contribution is 8.26. The lowest BCUT2D eigenvalue weighted by molar-refractivity contribution is -0.305. The lowest BCUT2D eigenvalue weighted by Crippen LogP contribution is -2.40. The molecule has 0 spiro atoms. The van der Waals surface area contributed by atoms with Gasteiger partial charge < -0.3 is 14.3 Å². The number of carboxylic acids is 1. The Hall–Kier alpha value is -1.60. The van der Waals surface area contributed by atoms with Gasteiger partial charge in [-0.1, -0.05) is 24.0 Å². The van der Waals surface area contributed by atoms with Gasteiger partial charge in [-0.25, -0.2) is 0 Å². The fourth-order valence-corrected chi connectivity index (χ4v) is 2.66. The number of hydrogen-bond acceptors (Lipinski definition) is 6. The van der Waals surface area contributed by atoms with Crippen molar-refractivity contribution in [2.24, 2.45) is 0 Å². The second-order valence-electron chi connectivity index (χ2n) is 3.59. The van der Waals surface area contributed by atoms with Crippen LogP contribution in [0.1, 0.15) is 11.5 Å². The summed E-state index contributed by atoms with van der Waals surface area (Å²) in [5.74, 6) is -0.530. The maximum absolute atomic E-state index is 11.9. The second kappa shape index (κ2) is 4.95. The summed E-state index contributed by atoms with van der Waals surface area (Å²) in [6.45, 7) is 1.26. The fourth-order valence-electron chi connectivity index (χ4n) is 1.43. The zero-order valence-electron chi connectivity index (χ0n) is 9.34. The van der Waals surface area contributed by atoms with Crippen LogP contribution in [-0.4, -0.2) is 27.6 Å². The normalized spacial score (nSPS) is 17.8. The van der Waals surface area contributed by atoms with E-state index in [-0.39, 0.29) is 4.32 Å². The smallest absolute Gasteiger partial charge is 0.266 e. The van der Waals surface area contributed by atoms with Crippen LogP contribution in [0, 0.1) is 6.92 Å². The molecule has 1 aromatic heterocycles. The number of aliphatic carboxylic acids is 1. The molecule has 7 heteroatoms. The van der Waals surface area contributed by atoms with E-state index >= 15 is 0 Å². The molecule has 0 aromatic carbocycles. The highest BCUT2D eigenvalue weighted by Gasteiger charge is 2.32. The Morgan fingerprint density at radius 3 is 2.89 bits per heavy atom. The topological polar surface area (TPSA) is 73.6 Å². The van der Waals surface area contributed by atoms with Crippen LogP contribution in [0.4, 0.5) is 0 Å². The number of thiocarbonyl (C=S) groups is 1. The Morgan fingerprint density at radius 1 is 1.61 bits per heavy atom. The molecule has 5 nitrogen and oxygen atoms in total. The number of carbonyl (C=O) groups excluding carboxylic acids is 2. The molecule has 1 aliphatic rings. The van der Waals surface area contributed by atoms with Gasteiger partial charge in [0, 0.05) is 6.08 Å². The first kappa shape index (κ1) is 12.8. The number of carbonyl (C=O) groups is 2. The molecule has 2 heterocycles. The van der Waals surface area contributed by atoms with E-state index in [1.54, 1.807) is 25.1 Å². The first-order valence-electron chi connectivity index (χ1n) is 4.99. The minimum Gasteiger partial charge on any atom is -0.548 e. The van der Waals surface area contributed by atoms with Crippen LogP contribution in [0.2, 0.25) is 0 Å². The van der Waals surface area contributed by atoms with Crippen molar-refractivity contribution in [3.05, 3.63) is 28.6 Å². The second-order valence-corrected chi connectivity index (χ2v) is 5.26. The molecule has 94 valence electrons. The highest BCUT2D eigenvalue weighted by Crippen LogP contribution is 2.32. The third-order valence-corrected chi connectivity index (χ3v) is 3.57. The number of rotatable bonds is 3. The first-order chi connectivity index (χ1) is 8.47. The molecule has 0 unspecified atom stereocenters. The van der Waals surface area contributed by atoms with Crippen molar-refractivity contribution in [1.29, 1.82) is 0 Å². The lowest BCUT2D eigenvalue weighted by atomic mass is 10.3. The Labute approximate surface area is 112 Å². The third-order valence-electron chi connectivity index (χ3n) is 2.20. The Balaban J connectivity index is 2.22. The van der Waals surface area contributed by atoms with Crippen molar-refractivity contribution in [3.63, 3.8) is 0 Å². The van der Waals surface area contributed by atoms with Gasteiger partial charge in [0.25, 0.3) is 5.91 Å². The van der Waals surface area contributed by atoms with Gasteiger partial charge in [0.05, 0.1) is 17.4 Å². The van der Waals surface area contributed by atoms with Crippen molar-refractivity contribution in [2.75, 3.05) is 6.54 Å². The lowest BCUT2D eigenvalue weighted by Gasteiger charge is -2.14. The molecule has 1 aliphatic heterocycles. The van der Waals surface area contributed by atoms with Crippen molar-refractivity contribution in [2.45, 2.75) is 6.92 Å². The van der Waals surface area contributed by atoms with Crippen molar-refractivity contribution < 1.29 is 19.1 Å². The Kier molecular flexibility index (Phi) is 3.53. The van der Waals surface area contributed by atoms with E-state index in [0.717, 1.165) is 22.4 Å². The zero-order valence-corrected chi connectivity index (χ0v) is 11.0. The molecule has 1 fully saturated rings. The van der Waals surface area contributed by atoms with Crippen LogP contribution in [0.5, 0.6) is 0 Å². The van der Waals surface area contributed by atoms with E-state index in [0.29, 0.717) is 10.7 Å². The molecule has 0 aliphatic carbocycles. The molecule has 1 saturated heterocycles. The van der Waals surface area contributed by atoms with Gasteiger partial charge in [-0.05, 0) is 19.1 Å². The summed E-state index contributed by atoms with van der Waals surface area (Å²) >= 11 is 5.99. The molecular formula is C11H8NO4S2-. The fraction of sp³-hybridized carbons (Fsp3) is 0.182. The highest BCUT2D eigenvalue weighted by atomic mass is 32.2. The minimum atomic E-state index is -1.35. The van der Waals surface area contributed by atoms with Gasteiger partial charge >= 0.3 is 0 Å². The van der Waals surface area contributed by atoms with Crippen LogP contribution in [0.15, 0.2) is 21.5 Å². The molecule has 1 aromatic rings. The molecule has 0 N–H and O–H groups in total. The van der Waals surface area contributed by atoms with Crippen LogP contribution >= 0.6 is 24.0 Å². The SMILES string of the molecule is Cc1ccc(/C=C2\SC(=S)N(CC(=O)[O-])C2=O)o1. The molecule has 0 atom stereocenters. The minimum absolute atomic E-state index is 0.207. The van der Waals surface area contributed by atoms with E-state index in [1.807, 2.05) is 0 Å². The van der Waals surface area contributed by atoms with Crippen LogP contribution < -0.4 is 5.11 Å². The average molecular weight is 282 g/mol. The summed E-state index contributed by atoms with van der Waals surface area (Å²) < 4.78 is 5.52. The number of carboxylic acid groups (broad SMARTS) is 1. The summed E-state index contributed by atoms with van der Waals surface area (Å²) in [5.41, 5.74) is 0. The number of thioether (sulfide) groups is 1. The maximum Gasteiger partial charge on any atom is 0.266 e. The number of nitrogens with zero attached hydrogens (tertiary/aromatic N) is 1. The Morgan fingerprint density at radius 2 is 2.33 bits per heavy atom. The largest absolute Gasteiger partial charge is 0.548 e. The number of aryl methyl sites for hydroxylation is 1. The van der Waals surface area contributed by atoms with E-state index in [9.17, 15) is 14.7 Å². The molecule has 1 amide bonds. The Bertz CT molecular complexity index is 561. The van der Waals surface area contributed by atoms with Crippen LogP contribution in [0.3, 0.4) is 0 Å². The van der Waals surface area contributed by atoms with E-state index in [1.165, 1.54) is 0 Å². The van der Waals surface area contributed by atoms with Crippen LogP contribution in [-0.2, 0) is 9.59 Å². The third kappa shape index (κ3) is 2.62. The van der Waals surface area contributed by atoms with Crippen LogP contribution in [0.25, 0.3) is 6.08 Å². The summed E-state index contributed by atoms with van der Waals surface area (Å²) in [6.07, 6.45) is 1.54. The summed E-state index contributed by atoms with van der Waals surface area (Å²) in [4.78, 5) is 23.7.